The lowest BCUT2D eigenvalue weighted by Crippen LogP contribution is -2.36. The number of nitrogens with zero attached hydrogens (tertiary/aromatic N) is 1. The average Bonchev–Trinajstić information content (AvgIpc) is 2.94. The molecule has 0 atom stereocenters. The molecule has 0 bridgehead atoms. The molecule has 5 nitrogen and oxygen atoms in total. The van der Waals surface area contributed by atoms with Crippen LogP contribution in [0.5, 0.6) is 0 Å². The van der Waals surface area contributed by atoms with Crippen LogP contribution >= 0.6 is 11.6 Å². The van der Waals surface area contributed by atoms with Crippen LogP contribution in [-0.4, -0.2) is 37.3 Å². The molecule has 3 aromatic rings. The lowest BCUT2D eigenvalue weighted by molar-refractivity contribution is -0.122. The molecule has 2 N–H and O–H groups in total. The summed E-state index contributed by atoms with van der Waals surface area (Å²) in [6.45, 7) is 5.94. The van der Waals surface area contributed by atoms with Gasteiger partial charge in [0.15, 0.2) is 0 Å². The van der Waals surface area contributed by atoms with Crippen molar-refractivity contribution in [2.45, 2.75) is 39.5 Å². The summed E-state index contributed by atoms with van der Waals surface area (Å²) >= 11 is 6.00. The Morgan fingerprint density at radius 2 is 1.55 bits per heavy atom. The Morgan fingerprint density at radius 3 is 2.18 bits per heavy atom. The monoisotopic (exact) mass is 531 g/mol. The van der Waals surface area contributed by atoms with Crippen LogP contribution < -0.4 is 15.5 Å². The van der Waals surface area contributed by atoms with E-state index in [1.54, 1.807) is 19.9 Å². The highest BCUT2D eigenvalue weighted by atomic mass is 35.5. The molecule has 1 aliphatic rings. The molecule has 38 heavy (non-hydrogen) atoms. The van der Waals surface area contributed by atoms with Gasteiger partial charge in [-0.05, 0) is 74.8 Å². The minimum atomic E-state index is -0.709. The van der Waals surface area contributed by atoms with Crippen molar-refractivity contribution in [2.75, 3.05) is 35.7 Å². The summed E-state index contributed by atoms with van der Waals surface area (Å²) in [5, 5.41) is 6.04. The second-order valence-corrected chi connectivity index (χ2v) is 11.1. The molecule has 2 amide bonds. The first-order chi connectivity index (χ1) is 18.4. The third kappa shape index (κ3) is 7.38. The molecular weight excluding hydrogens is 494 g/mol. The number of amides is 2. The minimum Gasteiger partial charge on any atom is -0.371 e. The Balaban J connectivity index is 1.47. The normalized spacial score (nSPS) is 14.2. The maximum Gasteiger partial charge on any atom is 0.253 e. The Bertz CT molecular complexity index is 1210. The largest absolute Gasteiger partial charge is 0.371 e. The van der Waals surface area contributed by atoms with Crippen LogP contribution in [0.25, 0.3) is 0 Å². The zero-order chi connectivity index (χ0) is 27.0. The minimum absolute atomic E-state index is 0.130. The predicted octanol–water partition coefficient (Wildman–Crippen LogP) is 6.32. The Hall–Kier alpha value is -3.31. The van der Waals surface area contributed by atoms with Crippen LogP contribution in [0.3, 0.4) is 0 Å². The summed E-state index contributed by atoms with van der Waals surface area (Å²) in [4.78, 5) is 28.5. The quantitative estimate of drug-likeness (QED) is 0.301. The van der Waals surface area contributed by atoms with Crippen LogP contribution in [0, 0.1) is 11.3 Å². The van der Waals surface area contributed by atoms with Crippen molar-refractivity contribution in [2.24, 2.45) is 11.3 Å². The van der Waals surface area contributed by atoms with Crippen LogP contribution in [0.4, 0.5) is 11.4 Å². The third-order valence-electron chi connectivity index (χ3n) is 7.31. The number of piperidine rings is 1. The molecule has 0 unspecified atom stereocenters. The average molecular weight is 532 g/mol. The van der Waals surface area contributed by atoms with Gasteiger partial charge in [-0.3, -0.25) is 9.59 Å². The highest BCUT2D eigenvalue weighted by molar-refractivity contribution is 6.20. The second kappa shape index (κ2) is 13.0. The Morgan fingerprint density at radius 1 is 0.921 bits per heavy atom. The first-order valence-electron chi connectivity index (χ1n) is 13.5. The maximum atomic E-state index is 13.4. The topological polar surface area (TPSA) is 61.4 Å². The summed E-state index contributed by atoms with van der Waals surface area (Å²) in [6, 6.07) is 26.4. The van der Waals surface area contributed by atoms with Gasteiger partial charge in [0.2, 0.25) is 5.91 Å². The molecule has 1 aliphatic heterocycles. The Kier molecular flexibility index (Phi) is 9.46. The summed E-state index contributed by atoms with van der Waals surface area (Å²) in [5.74, 6) is 0.544. The standard InChI is InChI=1S/C32H38ClN3O2/c1-32(2,23-33)31(38)35-27-13-14-29(28(22-27)30(37)34-18-15-24-9-5-3-6-10-24)36-19-16-26(17-20-36)21-25-11-7-4-8-12-25/h3-14,22,26H,15-21,23H2,1-2H3,(H,34,37)(H,35,38). The molecule has 3 aromatic carbocycles. The highest BCUT2D eigenvalue weighted by Crippen LogP contribution is 2.31. The summed E-state index contributed by atoms with van der Waals surface area (Å²) < 4.78 is 0. The van der Waals surface area contributed by atoms with E-state index in [4.69, 9.17) is 11.6 Å². The van der Waals surface area contributed by atoms with Crippen molar-refractivity contribution in [1.29, 1.82) is 0 Å². The van der Waals surface area contributed by atoms with Crippen molar-refractivity contribution >= 4 is 34.8 Å². The van der Waals surface area contributed by atoms with Crippen molar-refractivity contribution in [3.05, 3.63) is 95.6 Å². The number of benzene rings is 3. The van der Waals surface area contributed by atoms with E-state index in [0.717, 1.165) is 44.5 Å². The van der Waals surface area contributed by atoms with E-state index in [2.05, 4.69) is 58.0 Å². The van der Waals surface area contributed by atoms with Gasteiger partial charge in [0.05, 0.1) is 11.0 Å². The highest BCUT2D eigenvalue weighted by Gasteiger charge is 2.28. The van der Waals surface area contributed by atoms with E-state index in [1.807, 2.05) is 30.3 Å². The van der Waals surface area contributed by atoms with Gasteiger partial charge in [0.25, 0.3) is 5.91 Å². The molecule has 1 saturated heterocycles. The van der Waals surface area contributed by atoms with Crippen molar-refractivity contribution in [1.82, 2.24) is 5.32 Å². The van der Waals surface area contributed by atoms with Crippen molar-refractivity contribution in [3.8, 4) is 0 Å². The molecule has 0 aromatic heterocycles. The molecule has 0 saturated carbocycles. The van der Waals surface area contributed by atoms with E-state index < -0.39 is 5.41 Å². The number of carbonyl (C=O) groups excluding carboxylic acids is 2. The number of hydrogen-bond donors (Lipinski definition) is 2. The molecule has 1 heterocycles. The van der Waals surface area contributed by atoms with Gasteiger partial charge < -0.3 is 15.5 Å². The van der Waals surface area contributed by atoms with Gasteiger partial charge in [-0.25, -0.2) is 0 Å². The molecule has 0 radical (unpaired) electrons. The lowest BCUT2D eigenvalue weighted by Gasteiger charge is -2.35. The molecule has 6 heteroatoms. The van der Waals surface area contributed by atoms with E-state index in [1.165, 1.54) is 11.1 Å². The van der Waals surface area contributed by atoms with Gasteiger partial charge in [-0.15, -0.1) is 11.6 Å². The van der Waals surface area contributed by atoms with E-state index in [-0.39, 0.29) is 17.7 Å². The number of nitrogens with one attached hydrogen (secondary N) is 2. The maximum absolute atomic E-state index is 13.4. The molecule has 200 valence electrons. The molecule has 0 aliphatic carbocycles. The zero-order valence-corrected chi connectivity index (χ0v) is 23.1. The lowest BCUT2D eigenvalue weighted by atomic mass is 9.89. The molecule has 0 spiro atoms. The van der Waals surface area contributed by atoms with E-state index >= 15 is 0 Å². The fraction of sp³-hybridized carbons (Fsp3) is 0.375. The van der Waals surface area contributed by atoms with Gasteiger partial charge in [-0.1, -0.05) is 60.7 Å². The number of hydrogen-bond acceptors (Lipinski definition) is 3. The van der Waals surface area contributed by atoms with Crippen molar-refractivity contribution < 1.29 is 9.59 Å². The molecule has 1 fully saturated rings. The van der Waals surface area contributed by atoms with Crippen LogP contribution in [0.2, 0.25) is 0 Å². The fourth-order valence-corrected chi connectivity index (χ4v) is 4.94. The zero-order valence-electron chi connectivity index (χ0n) is 22.4. The van der Waals surface area contributed by atoms with Crippen LogP contribution in [-0.2, 0) is 17.6 Å². The second-order valence-electron chi connectivity index (χ2n) is 10.8. The predicted molar refractivity (Wildman–Crippen MR) is 157 cm³/mol. The first kappa shape index (κ1) is 27.7. The summed E-state index contributed by atoms with van der Waals surface area (Å²) in [5.41, 5.74) is 3.95. The van der Waals surface area contributed by atoms with Gasteiger partial charge in [-0.2, -0.15) is 0 Å². The molecule has 4 rings (SSSR count). The van der Waals surface area contributed by atoms with Crippen molar-refractivity contribution in [3.63, 3.8) is 0 Å². The summed E-state index contributed by atoms with van der Waals surface area (Å²) in [6.07, 6.45) is 3.99. The molecular formula is C32H38ClN3O2. The number of carbonyl (C=O) groups is 2. The Labute approximate surface area is 231 Å². The third-order valence-corrected chi connectivity index (χ3v) is 7.98. The fourth-order valence-electron chi connectivity index (χ4n) is 4.82. The van der Waals surface area contributed by atoms with Gasteiger partial charge in [0.1, 0.15) is 0 Å². The van der Waals surface area contributed by atoms with Gasteiger partial charge in [0, 0.05) is 36.9 Å². The van der Waals surface area contributed by atoms with Crippen LogP contribution in [0.15, 0.2) is 78.9 Å². The SMILES string of the molecule is CC(C)(CCl)C(=O)Nc1ccc(N2CCC(Cc3ccccc3)CC2)c(C(=O)NCCc2ccccc2)c1. The number of rotatable bonds is 10. The number of halogens is 1. The number of alkyl halides is 1. The smallest absolute Gasteiger partial charge is 0.253 e. The first-order valence-corrected chi connectivity index (χ1v) is 14.0. The number of anilines is 2. The summed E-state index contributed by atoms with van der Waals surface area (Å²) in [7, 11) is 0. The van der Waals surface area contributed by atoms with E-state index in [0.29, 0.717) is 23.7 Å². The van der Waals surface area contributed by atoms with Crippen LogP contribution in [0.1, 0.15) is 48.2 Å². The van der Waals surface area contributed by atoms with E-state index in [9.17, 15) is 9.59 Å². The van der Waals surface area contributed by atoms with Gasteiger partial charge >= 0.3 is 0 Å².